The molecule has 8 heteroatoms. The molecule has 3 aromatic rings. The van der Waals surface area contributed by atoms with E-state index in [1.165, 1.54) is 11.3 Å². The number of hydrogen-bond donors (Lipinski definition) is 1. The Hall–Kier alpha value is -3.81. The van der Waals surface area contributed by atoms with Gasteiger partial charge in [-0.15, -0.1) is 0 Å². The molecule has 0 spiro atoms. The Morgan fingerprint density at radius 2 is 1.91 bits per heavy atom. The smallest absolute Gasteiger partial charge is 0.273 e. The molecule has 0 saturated heterocycles. The number of carbonyl (C=O) groups excluding carboxylic acids is 2. The van der Waals surface area contributed by atoms with Crippen molar-refractivity contribution < 1.29 is 23.5 Å². The van der Waals surface area contributed by atoms with Crippen molar-refractivity contribution in [3.63, 3.8) is 0 Å². The monoisotopic (exact) mass is 477 g/mol. The molecule has 8 nitrogen and oxygen atoms in total. The highest BCUT2D eigenvalue weighted by Crippen LogP contribution is 2.35. The maximum absolute atomic E-state index is 13.9. The molecule has 1 saturated carbocycles. The minimum Gasteiger partial charge on any atom is -0.497 e. The summed E-state index contributed by atoms with van der Waals surface area (Å²) >= 11 is 0. The maximum atomic E-state index is 13.9. The van der Waals surface area contributed by atoms with E-state index in [0.717, 1.165) is 25.7 Å². The van der Waals surface area contributed by atoms with E-state index in [9.17, 15) is 9.59 Å². The molecule has 184 valence electrons. The van der Waals surface area contributed by atoms with Gasteiger partial charge in [-0.05, 0) is 55.3 Å². The Kier molecular flexibility index (Phi) is 8.03. The van der Waals surface area contributed by atoms with Gasteiger partial charge in [0, 0.05) is 17.8 Å². The van der Waals surface area contributed by atoms with Gasteiger partial charge in [0.1, 0.15) is 29.0 Å². The lowest BCUT2D eigenvalue weighted by molar-refractivity contribution is -0.127. The van der Waals surface area contributed by atoms with Crippen LogP contribution in [0.15, 0.2) is 65.4 Å². The lowest BCUT2D eigenvalue weighted by atomic mass is 9.94. The van der Waals surface area contributed by atoms with Crippen LogP contribution in [0.5, 0.6) is 11.5 Å². The SMILES string of the molecule is COc1ccc(OC)c([C@@H](C(=O)NC2CCCCC2)N(Cc2ccco2)C(=O)c2ccccn2)c1. The van der Waals surface area contributed by atoms with Gasteiger partial charge in [-0.1, -0.05) is 25.3 Å². The largest absolute Gasteiger partial charge is 0.497 e. The van der Waals surface area contributed by atoms with Crippen LogP contribution in [-0.2, 0) is 11.3 Å². The van der Waals surface area contributed by atoms with Gasteiger partial charge < -0.3 is 24.1 Å². The molecule has 1 fully saturated rings. The van der Waals surface area contributed by atoms with E-state index < -0.39 is 11.9 Å². The average molecular weight is 478 g/mol. The third-order valence-electron chi connectivity index (χ3n) is 6.29. The Morgan fingerprint density at radius 1 is 1.09 bits per heavy atom. The number of amides is 2. The van der Waals surface area contributed by atoms with Crippen LogP contribution >= 0.6 is 0 Å². The summed E-state index contributed by atoms with van der Waals surface area (Å²) in [7, 11) is 3.10. The van der Waals surface area contributed by atoms with Crippen LogP contribution in [-0.4, -0.2) is 42.0 Å². The van der Waals surface area contributed by atoms with Gasteiger partial charge in [-0.25, -0.2) is 0 Å². The fourth-order valence-electron chi connectivity index (χ4n) is 4.52. The number of ether oxygens (including phenoxy) is 2. The summed E-state index contributed by atoms with van der Waals surface area (Å²) in [6.45, 7) is 0.0749. The van der Waals surface area contributed by atoms with E-state index in [4.69, 9.17) is 13.9 Å². The molecule has 35 heavy (non-hydrogen) atoms. The summed E-state index contributed by atoms with van der Waals surface area (Å²) < 4.78 is 16.6. The second kappa shape index (κ2) is 11.6. The van der Waals surface area contributed by atoms with E-state index in [1.54, 1.807) is 75.2 Å². The highest BCUT2D eigenvalue weighted by Gasteiger charge is 2.36. The highest BCUT2D eigenvalue weighted by atomic mass is 16.5. The summed E-state index contributed by atoms with van der Waals surface area (Å²) in [6, 6.07) is 13.0. The van der Waals surface area contributed by atoms with Crippen molar-refractivity contribution in [2.75, 3.05) is 14.2 Å². The fraction of sp³-hybridized carbons (Fsp3) is 0.370. The number of benzene rings is 1. The number of hydrogen-bond acceptors (Lipinski definition) is 6. The lowest BCUT2D eigenvalue weighted by Gasteiger charge is -2.33. The highest BCUT2D eigenvalue weighted by molar-refractivity contribution is 5.97. The average Bonchev–Trinajstić information content (AvgIpc) is 3.42. The molecule has 0 bridgehead atoms. The normalized spacial score (nSPS) is 14.7. The van der Waals surface area contributed by atoms with Crippen molar-refractivity contribution in [1.82, 2.24) is 15.2 Å². The predicted molar refractivity (Wildman–Crippen MR) is 130 cm³/mol. The molecule has 1 N–H and O–H groups in total. The summed E-state index contributed by atoms with van der Waals surface area (Å²) in [5, 5.41) is 3.19. The van der Waals surface area contributed by atoms with Crippen LogP contribution in [0.3, 0.4) is 0 Å². The molecule has 0 radical (unpaired) electrons. The first kappa shape index (κ1) is 24.3. The van der Waals surface area contributed by atoms with Crippen LogP contribution in [0.2, 0.25) is 0 Å². The third-order valence-corrected chi connectivity index (χ3v) is 6.29. The van der Waals surface area contributed by atoms with Crippen LogP contribution in [0.25, 0.3) is 0 Å². The Bertz CT molecular complexity index is 1110. The lowest BCUT2D eigenvalue weighted by Crippen LogP contribution is -2.47. The van der Waals surface area contributed by atoms with Gasteiger partial charge in [0.15, 0.2) is 0 Å². The first-order valence-corrected chi connectivity index (χ1v) is 11.9. The summed E-state index contributed by atoms with van der Waals surface area (Å²) in [5.41, 5.74) is 0.757. The number of rotatable bonds is 9. The van der Waals surface area contributed by atoms with Gasteiger partial charge in [-0.3, -0.25) is 14.6 Å². The zero-order valence-corrected chi connectivity index (χ0v) is 20.1. The molecule has 1 aromatic carbocycles. The minimum absolute atomic E-state index is 0.0609. The van der Waals surface area contributed by atoms with Crippen molar-refractivity contribution in [2.24, 2.45) is 0 Å². The zero-order valence-electron chi connectivity index (χ0n) is 20.1. The number of aromatic nitrogens is 1. The van der Waals surface area contributed by atoms with Gasteiger partial charge >= 0.3 is 0 Å². The number of furan rings is 1. The van der Waals surface area contributed by atoms with E-state index in [-0.39, 0.29) is 24.2 Å². The molecule has 1 aliphatic rings. The first-order chi connectivity index (χ1) is 17.1. The molecule has 1 atom stereocenters. The van der Waals surface area contributed by atoms with Crippen molar-refractivity contribution in [3.05, 3.63) is 78.0 Å². The summed E-state index contributed by atoms with van der Waals surface area (Å²) in [4.78, 5) is 33.5. The molecule has 2 aromatic heterocycles. The number of methoxy groups -OCH3 is 2. The van der Waals surface area contributed by atoms with Crippen LogP contribution in [0, 0.1) is 0 Å². The number of carbonyl (C=O) groups is 2. The summed E-state index contributed by atoms with van der Waals surface area (Å²) in [5.74, 6) is 0.911. The number of nitrogens with one attached hydrogen (secondary N) is 1. The Morgan fingerprint density at radius 3 is 2.57 bits per heavy atom. The van der Waals surface area contributed by atoms with Gasteiger partial charge in [0.05, 0.1) is 27.0 Å². The van der Waals surface area contributed by atoms with E-state index in [2.05, 4.69) is 10.3 Å². The van der Waals surface area contributed by atoms with Crippen molar-refractivity contribution in [1.29, 1.82) is 0 Å². The van der Waals surface area contributed by atoms with Crippen LogP contribution < -0.4 is 14.8 Å². The molecular weight excluding hydrogens is 446 g/mol. The third kappa shape index (κ3) is 5.82. The molecule has 2 amide bonds. The van der Waals surface area contributed by atoms with Crippen molar-refractivity contribution in [3.8, 4) is 11.5 Å². The number of pyridine rings is 1. The van der Waals surface area contributed by atoms with Gasteiger partial charge in [0.25, 0.3) is 5.91 Å². The molecule has 0 unspecified atom stereocenters. The Balaban J connectivity index is 1.80. The number of nitrogens with zero attached hydrogens (tertiary/aromatic N) is 2. The second-order valence-corrected chi connectivity index (χ2v) is 8.58. The molecule has 0 aliphatic heterocycles. The standard InChI is InChI=1S/C27H31N3O5/c1-33-20-13-14-24(34-2)22(17-20)25(26(31)29-19-9-4-3-5-10-19)30(18-21-11-8-16-35-21)27(32)23-12-6-7-15-28-23/h6-8,11-17,19,25H,3-5,9-10,18H2,1-2H3,(H,29,31)/t25-/m0/s1. The van der Waals surface area contributed by atoms with Crippen molar-refractivity contribution in [2.45, 2.75) is 50.7 Å². The molecular formula is C27H31N3O5. The minimum atomic E-state index is -0.999. The van der Waals surface area contributed by atoms with E-state index in [1.807, 2.05) is 0 Å². The fourth-order valence-corrected chi connectivity index (χ4v) is 4.52. The topological polar surface area (TPSA) is 93.9 Å². The zero-order chi connectivity index (χ0) is 24.6. The quantitative estimate of drug-likeness (QED) is 0.487. The maximum Gasteiger partial charge on any atom is 0.273 e. The van der Waals surface area contributed by atoms with E-state index in [0.29, 0.717) is 22.8 Å². The van der Waals surface area contributed by atoms with Crippen molar-refractivity contribution >= 4 is 11.8 Å². The first-order valence-electron chi connectivity index (χ1n) is 11.9. The van der Waals surface area contributed by atoms with E-state index >= 15 is 0 Å². The van der Waals surface area contributed by atoms with Crippen LogP contribution in [0.4, 0.5) is 0 Å². The van der Waals surface area contributed by atoms with Gasteiger partial charge in [-0.2, -0.15) is 0 Å². The molecule has 4 rings (SSSR count). The second-order valence-electron chi connectivity index (χ2n) is 8.58. The molecule has 1 aliphatic carbocycles. The van der Waals surface area contributed by atoms with Gasteiger partial charge in [0.2, 0.25) is 5.91 Å². The Labute approximate surface area is 205 Å². The predicted octanol–water partition coefficient (Wildman–Crippen LogP) is 4.52. The summed E-state index contributed by atoms with van der Waals surface area (Å²) in [6.07, 6.45) is 8.24. The molecule has 2 heterocycles. The van der Waals surface area contributed by atoms with Crippen LogP contribution in [0.1, 0.15) is 60.0 Å².